The standard InChI is InChI=1S/C18H28N4OS/c1-12-11-16(17(19)23)18(20-13(12)2)21-14-3-7-22(8-4-14)15-5-9-24-10-6-15/h11,14-15H,3-10H2,1-2H3,(H2,19,23)(H,20,21). The molecule has 3 N–H and O–H groups in total. The van der Waals surface area contributed by atoms with E-state index in [-0.39, 0.29) is 0 Å². The van der Waals surface area contributed by atoms with E-state index in [9.17, 15) is 4.79 Å². The van der Waals surface area contributed by atoms with E-state index >= 15 is 0 Å². The van der Waals surface area contributed by atoms with Gasteiger partial charge in [0.2, 0.25) is 0 Å². The maximum Gasteiger partial charge on any atom is 0.252 e. The fourth-order valence-corrected chi connectivity index (χ4v) is 4.74. The van der Waals surface area contributed by atoms with E-state index in [1.165, 1.54) is 24.3 Å². The zero-order valence-electron chi connectivity index (χ0n) is 14.7. The number of rotatable bonds is 4. The van der Waals surface area contributed by atoms with Crippen LogP contribution in [0.15, 0.2) is 6.07 Å². The lowest BCUT2D eigenvalue weighted by Crippen LogP contribution is -2.46. The second-order valence-electron chi connectivity index (χ2n) is 6.95. The van der Waals surface area contributed by atoms with Gasteiger partial charge in [-0.3, -0.25) is 4.79 Å². The van der Waals surface area contributed by atoms with Crippen LogP contribution in [0.3, 0.4) is 0 Å². The Morgan fingerprint density at radius 3 is 2.54 bits per heavy atom. The molecule has 0 radical (unpaired) electrons. The average molecular weight is 349 g/mol. The molecular weight excluding hydrogens is 320 g/mol. The number of hydrogen-bond donors (Lipinski definition) is 2. The van der Waals surface area contributed by atoms with Gasteiger partial charge in [0.05, 0.1) is 5.56 Å². The first-order valence-electron chi connectivity index (χ1n) is 8.91. The molecule has 1 aromatic heterocycles. The third kappa shape index (κ3) is 4.03. The van der Waals surface area contributed by atoms with Crippen LogP contribution in [0, 0.1) is 13.8 Å². The number of nitrogens with one attached hydrogen (secondary N) is 1. The molecule has 132 valence electrons. The smallest absolute Gasteiger partial charge is 0.252 e. The maximum atomic E-state index is 11.7. The van der Waals surface area contributed by atoms with Crippen LogP contribution in [-0.2, 0) is 0 Å². The maximum absolute atomic E-state index is 11.7. The van der Waals surface area contributed by atoms with Crippen molar-refractivity contribution in [1.29, 1.82) is 0 Å². The summed E-state index contributed by atoms with van der Waals surface area (Å²) >= 11 is 2.08. The Bertz CT molecular complexity index is 593. The van der Waals surface area contributed by atoms with Crippen LogP contribution in [-0.4, -0.2) is 52.5 Å². The number of aromatic nitrogens is 1. The van der Waals surface area contributed by atoms with Gasteiger partial charge in [-0.1, -0.05) is 0 Å². The third-order valence-electron chi connectivity index (χ3n) is 5.31. The Kier molecular flexibility index (Phi) is 5.66. The van der Waals surface area contributed by atoms with Crippen molar-refractivity contribution in [2.45, 2.75) is 51.6 Å². The van der Waals surface area contributed by atoms with E-state index in [0.29, 0.717) is 17.4 Å². The molecule has 2 aliphatic heterocycles. The van der Waals surface area contributed by atoms with E-state index in [2.05, 4.69) is 27.0 Å². The molecule has 0 bridgehead atoms. The summed E-state index contributed by atoms with van der Waals surface area (Å²) in [7, 11) is 0. The highest BCUT2D eigenvalue weighted by atomic mass is 32.2. The average Bonchev–Trinajstić information content (AvgIpc) is 2.59. The first kappa shape index (κ1) is 17.5. The number of aryl methyl sites for hydroxylation is 2. The zero-order valence-corrected chi connectivity index (χ0v) is 15.5. The SMILES string of the molecule is Cc1cc(C(N)=O)c(NC2CCN(C3CCSCC3)CC2)nc1C. The van der Waals surface area contributed by atoms with Crippen LogP contribution in [0.1, 0.15) is 47.3 Å². The molecule has 1 amide bonds. The highest BCUT2D eigenvalue weighted by molar-refractivity contribution is 7.99. The van der Waals surface area contributed by atoms with Crippen molar-refractivity contribution in [3.8, 4) is 0 Å². The Hall–Kier alpha value is -1.27. The summed E-state index contributed by atoms with van der Waals surface area (Å²) < 4.78 is 0. The summed E-state index contributed by atoms with van der Waals surface area (Å²) in [6.07, 6.45) is 4.84. The molecule has 0 spiro atoms. The number of anilines is 1. The molecule has 2 fully saturated rings. The number of piperidine rings is 1. The minimum absolute atomic E-state index is 0.368. The topological polar surface area (TPSA) is 71.2 Å². The number of amides is 1. The summed E-state index contributed by atoms with van der Waals surface area (Å²) in [5.41, 5.74) is 7.98. The number of carbonyl (C=O) groups is 1. The molecule has 24 heavy (non-hydrogen) atoms. The van der Waals surface area contributed by atoms with Crippen molar-refractivity contribution in [2.75, 3.05) is 29.9 Å². The first-order valence-corrected chi connectivity index (χ1v) is 10.1. The van der Waals surface area contributed by atoms with E-state index in [1.807, 2.05) is 19.9 Å². The molecule has 0 aliphatic carbocycles. The molecular formula is C18H28N4OS. The number of hydrogen-bond acceptors (Lipinski definition) is 5. The predicted molar refractivity (Wildman–Crippen MR) is 101 cm³/mol. The molecule has 3 rings (SSSR count). The molecule has 0 unspecified atom stereocenters. The van der Waals surface area contributed by atoms with Crippen molar-refractivity contribution < 1.29 is 4.79 Å². The van der Waals surface area contributed by atoms with Gasteiger partial charge in [-0.25, -0.2) is 4.98 Å². The zero-order chi connectivity index (χ0) is 17.1. The normalized spacial score (nSPS) is 20.9. The van der Waals surface area contributed by atoms with Gasteiger partial charge in [-0.05, 0) is 62.7 Å². The summed E-state index contributed by atoms with van der Waals surface area (Å²) in [5.74, 6) is 2.85. The van der Waals surface area contributed by atoms with E-state index in [1.54, 1.807) is 0 Å². The number of likely N-dealkylation sites (tertiary alicyclic amines) is 1. The van der Waals surface area contributed by atoms with Crippen LogP contribution in [0.5, 0.6) is 0 Å². The number of nitrogens with zero attached hydrogens (tertiary/aromatic N) is 2. The van der Waals surface area contributed by atoms with Crippen LogP contribution < -0.4 is 11.1 Å². The summed E-state index contributed by atoms with van der Waals surface area (Å²) in [5, 5.41) is 3.48. The Morgan fingerprint density at radius 2 is 1.92 bits per heavy atom. The molecule has 1 aromatic rings. The number of carbonyl (C=O) groups excluding carboxylic acids is 1. The lowest BCUT2D eigenvalue weighted by atomic mass is 10.0. The lowest BCUT2D eigenvalue weighted by Gasteiger charge is -2.39. The quantitative estimate of drug-likeness (QED) is 0.875. The van der Waals surface area contributed by atoms with E-state index in [4.69, 9.17) is 5.73 Å². The first-order chi connectivity index (χ1) is 11.5. The van der Waals surface area contributed by atoms with Gasteiger partial charge in [0.15, 0.2) is 0 Å². The van der Waals surface area contributed by atoms with Crippen LogP contribution >= 0.6 is 11.8 Å². The molecule has 3 heterocycles. The number of primary amides is 1. The number of thioether (sulfide) groups is 1. The molecule has 2 aliphatic rings. The fourth-order valence-electron chi connectivity index (χ4n) is 3.66. The molecule has 0 saturated carbocycles. The summed E-state index contributed by atoms with van der Waals surface area (Å²) in [4.78, 5) is 18.9. The van der Waals surface area contributed by atoms with Gasteiger partial charge < -0.3 is 16.0 Å². The number of nitrogens with two attached hydrogens (primary N) is 1. The van der Waals surface area contributed by atoms with Gasteiger partial charge >= 0.3 is 0 Å². The van der Waals surface area contributed by atoms with Crippen molar-refractivity contribution >= 4 is 23.5 Å². The minimum Gasteiger partial charge on any atom is -0.367 e. The van der Waals surface area contributed by atoms with E-state index in [0.717, 1.165) is 43.2 Å². The third-order valence-corrected chi connectivity index (χ3v) is 6.36. The Morgan fingerprint density at radius 1 is 1.25 bits per heavy atom. The van der Waals surface area contributed by atoms with Crippen LogP contribution in [0.2, 0.25) is 0 Å². The lowest BCUT2D eigenvalue weighted by molar-refractivity contribution is 0.100. The van der Waals surface area contributed by atoms with Gasteiger partial charge in [0, 0.05) is 30.9 Å². The largest absolute Gasteiger partial charge is 0.367 e. The summed E-state index contributed by atoms with van der Waals surface area (Å²) in [6.45, 7) is 6.18. The fraction of sp³-hybridized carbons (Fsp3) is 0.667. The van der Waals surface area contributed by atoms with Gasteiger partial charge in [-0.15, -0.1) is 0 Å². The second-order valence-corrected chi connectivity index (χ2v) is 8.17. The monoisotopic (exact) mass is 348 g/mol. The highest BCUT2D eigenvalue weighted by Crippen LogP contribution is 2.26. The molecule has 5 nitrogen and oxygen atoms in total. The van der Waals surface area contributed by atoms with Crippen molar-refractivity contribution in [2.24, 2.45) is 5.73 Å². The minimum atomic E-state index is -0.412. The van der Waals surface area contributed by atoms with Gasteiger partial charge in [0.1, 0.15) is 5.82 Å². The highest BCUT2D eigenvalue weighted by Gasteiger charge is 2.27. The molecule has 2 saturated heterocycles. The second kappa shape index (κ2) is 7.74. The number of pyridine rings is 1. The molecule has 0 atom stereocenters. The van der Waals surface area contributed by atoms with Gasteiger partial charge in [0.25, 0.3) is 5.91 Å². The van der Waals surface area contributed by atoms with Crippen molar-refractivity contribution in [3.05, 3.63) is 22.9 Å². The molecule has 6 heteroatoms. The molecule has 0 aromatic carbocycles. The Balaban J connectivity index is 1.61. The summed E-state index contributed by atoms with van der Waals surface area (Å²) in [6, 6.07) is 2.99. The Labute approximate surface area is 148 Å². The van der Waals surface area contributed by atoms with E-state index < -0.39 is 5.91 Å². The van der Waals surface area contributed by atoms with Gasteiger partial charge in [-0.2, -0.15) is 11.8 Å². The predicted octanol–water partition coefficient (Wildman–Crippen LogP) is 2.57. The van der Waals surface area contributed by atoms with Crippen LogP contribution in [0.25, 0.3) is 0 Å². The van der Waals surface area contributed by atoms with Crippen molar-refractivity contribution in [3.63, 3.8) is 0 Å². The van der Waals surface area contributed by atoms with Crippen molar-refractivity contribution in [1.82, 2.24) is 9.88 Å². The van der Waals surface area contributed by atoms with Crippen LogP contribution in [0.4, 0.5) is 5.82 Å².